The van der Waals surface area contributed by atoms with Gasteiger partial charge in [-0.25, -0.2) is 9.18 Å². The number of pyridine rings is 1. The summed E-state index contributed by atoms with van der Waals surface area (Å²) in [7, 11) is 0. The first-order valence-corrected chi connectivity index (χ1v) is 6.83. The maximum atomic E-state index is 13.1. The lowest BCUT2D eigenvalue weighted by atomic mass is 10.3. The Morgan fingerprint density at radius 1 is 1.14 bits per heavy atom. The molecule has 0 aliphatic heterocycles. The molecule has 3 rings (SSSR count). The standard InChI is InChI=1S/C13H8Cl2FN5O/c14-8-6-7(4-5-9(8)16)17-13(22)18-12-20-19-11-3-1-2-10(15)21(11)12/h1-6H,(H2,17,18,20,22). The molecule has 2 amide bonds. The van der Waals surface area contributed by atoms with E-state index in [1.54, 1.807) is 18.2 Å². The first-order chi connectivity index (χ1) is 10.5. The predicted octanol–water partition coefficient (Wildman–Crippen LogP) is 3.82. The molecule has 2 aromatic heterocycles. The van der Waals surface area contributed by atoms with Crippen LogP contribution in [0.2, 0.25) is 10.2 Å². The Bertz CT molecular complexity index is 867. The molecule has 0 aliphatic carbocycles. The number of urea groups is 1. The third-order valence-corrected chi connectivity index (χ3v) is 3.37. The third kappa shape index (κ3) is 2.81. The minimum absolute atomic E-state index is 0.0891. The number of aromatic nitrogens is 3. The zero-order chi connectivity index (χ0) is 15.7. The van der Waals surface area contributed by atoms with Crippen molar-refractivity contribution in [1.29, 1.82) is 0 Å². The fraction of sp³-hybridized carbons (Fsp3) is 0. The highest BCUT2D eigenvalue weighted by atomic mass is 35.5. The summed E-state index contributed by atoms with van der Waals surface area (Å²) in [5.41, 5.74) is 0.830. The number of nitrogens with zero attached hydrogens (tertiary/aromatic N) is 3. The Kier molecular flexibility index (Phi) is 3.82. The SMILES string of the molecule is O=C(Nc1ccc(F)c(Cl)c1)Nc1nnc2cccc(Cl)n12. The molecule has 3 aromatic rings. The average Bonchev–Trinajstić information content (AvgIpc) is 2.87. The molecule has 0 saturated carbocycles. The Morgan fingerprint density at radius 3 is 2.73 bits per heavy atom. The number of halogens is 3. The zero-order valence-electron chi connectivity index (χ0n) is 10.8. The highest BCUT2D eigenvalue weighted by Crippen LogP contribution is 2.20. The van der Waals surface area contributed by atoms with Gasteiger partial charge in [-0.2, -0.15) is 0 Å². The molecular formula is C13H8Cl2FN5O. The number of rotatable bonds is 2. The number of amides is 2. The van der Waals surface area contributed by atoms with Crippen molar-refractivity contribution in [3.8, 4) is 0 Å². The van der Waals surface area contributed by atoms with Gasteiger partial charge in [-0.05, 0) is 30.3 Å². The molecule has 1 aromatic carbocycles. The number of nitrogens with one attached hydrogen (secondary N) is 2. The molecule has 0 unspecified atom stereocenters. The molecule has 0 radical (unpaired) electrons. The highest BCUT2D eigenvalue weighted by molar-refractivity contribution is 6.31. The van der Waals surface area contributed by atoms with Crippen LogP contribution in [0.4, 0.5) is 20.8 Å². The van der Waals surface area contributed by atoms with Crippen LogP contribution in [0.1, 0.15) is 0 Å². The van der Waals surface area contributed by atoms with E-state index in [2.05, 4.69) is 20.8 Å². The van der Waals surface area contributed by atoms with E-state index in [-0.39, 0.29) is 11.0 Å². The highest BCUT2D eigenvalue weighted by Gasteiger charge is 2.12. The second kappa shape index (κ2) is 5.78. The van der Waals surface area contributed by atoms with Gasteiger partial charge in [0.2, 0.25) is 5.95 Å². The fourth-order valence-corrected chi connectivity index (χ4v) is 2.24. The van der Waals surface area contributed by atoms with Crippen LogP contribution in [-0.2, 0) is 0 Å². The van der Waals surface area contributed by atoms with E-state index >= 15 is 0 Å². The number of fused-ring (bicyclic) bond motifs is 1. The lowest BCUT2D eigenvalue weighted by molar-refractivity contribution is 0.262. The molecule has 2 N–H and O–H groups in total. The van der Waals surface area contributed by atoms with Crippen LogP contribution in [0, 0.1) is 5.82 Å². The van der Waals surface area contributed by atoms with Crippen molar-refractivity contribution in [2.45, 2.75) is 0 Å². The molecule has 112 valence electrons. The summed E-state index contributed by atoms with van der Waals surface area (Å²) < 4.78 is 14.5. The lowest BCUT2D eigenvalue weighted by Crippen LogP contribution is -2.21. The van der Waals surface area contributed by atoms with Crippen molar-refractivity contribution in [3.63, 3.8) is 0 Å². The van der Waals surface area contributed by atoms with Gasteiger partial charge in [0, 0.05) is 5.69 Å². The second-order valence-electron chi connectivity index (χ2n) is 4.27. The van der Waals surface area contributed by atoms with E-state index < -0.39 is 11.8 Å². The molecular weight excluding hydrogens is 332 g/mol. The Labute approximate surface area is 133 Å². The zero-order valence-corrected chi connectivity index (χ0v) is 12.4. The minimum Gasteiger partial charge on any atom is -0.308 e. The molecule has 0 saturated heterocycles. The maximum Gasteiger partial charge on any atom is 0.326 e. The van der Waals surface area contributed by atoms with Gasteiger partial charge < -0.3 is 5.32 Å². The largest absolute Gasteiger partial charge is 0.326 e. The average molecular weight is 340 g/mol. The quantitative estimate of drug-likeness (QED) is 0.697. The summed E-state index contributed by atoms with van der Waals surface area (Å²) in [5.74, 6) is -0.408. The first-order valence-electron chi connectivity index (χ1n) is 6.07. The number of carbonyl (C=O) groups is 1. The van der Waals surface area contributed by atoms with E-state index in [4.69, 9.17) is 23.2 Å². The van der Waals surface area contributed by atoms with Crippen LogP contribution in [0.3, 0.4) is 0 Å². The predicted molar refractivity (Wildman–Crippen MR) is 82.0 cm³/mol. The molecule has 0 bridgehead atoms. The van der Waals surface area contributed by atoms with E-state index in [0.29, 0.717) is 16.5 Å². The van der Waals surface area contributed by atoms with Gasteiger partial charge in [-0.1, -0.05) is 29.3 Å². The number of hydrogen-bond donors (Lipinski definition) is 2. The number of anilines is 2. The van der Waals surface area contributed by atoms with Crippen LogP contribution in [0.25, 0.3) is 5.65 Å². The van der Waals surface area contributed by atoms with Crippen LogP contribution >= 0.6 is 23.2 Å². The van der Waals surface area contributed by atoms with Gasteiger partial charge in [0.15, 0.2) is 5.65 Å². The van der Waals surface area contributed by atoms with Crippen LogP contribution in [0.5, 0.6) is 0 Å². The molecule has 0 atom stereocenters. The topological polar surface area (TPSA) is 71.3 Å². The van der Waals surface area contributed by atoms with E-state index in [1.165, 1.54) is 16.5 Å². The summed E-state index contributed by atoms with van der Waals surface area (Å²) in [5, 5.41) is 13.0. The van der Waals surface area contributed by atoms with Gasteiger partial charge >= 0.3 is 6.03 Å². The normalized spacial score (nSPS) is 10.7. The minimum atomic E-state index is -0.586. The molecule has 9 heteroatoms. The van der Waals surface area contributed by atoms with E-state index in [0.717, 1.165) is 6.07 Å². The van der Waals surface area contributed by atoms with Crippen molar-refractivity contribution < 1.29 is 9.18 Å². The third-order valence-electron chi connectivity index (χ3n) is 2.78. The monoisotopic (exact) mass is 339 g/mol. The fourth-order valence-electron chi connectivity index (χ4n) is 1.82. The molecule has 0 fully saturated rings. The Morgan fingerprint density at radius 2 is 1.95 bits per heavy atom. The van der Waals surface area contributed by atoms with Crippen molar-refractivity contribution in [1.82, 2.24) is 14.6 Å². The Hall–Kier alpha value is -2.38. The van der Waals surface area contributed by atoms with Crippen molar-refractivity contribution in [2.75, 3.05) is 10.6 Å². The van der Waals surface area contributed by atoms with Crippen molar-refractivity contribution >= 4 is 46.5 Å². The summed E-state index contributed by atoms with van der Waals surface area (Å²) >= 11 is 11.7. The summed E-state index contributed by atoms with van der Waals surface area (Å²) in [4.78, 5) is 11.9. The molecule has 6 nitrogen and oxygen atoms in total. The van der Waals surface area contributed by atoms with Gasteiger partial charge in [0.25, 0.3) is 0 Å². The second-order valence-corrected chi connectivity index (χ2v) is 5.07. The van der Waals surface area contributed by atoms with Gasteiger partial charge in [0.05, 0.1) is 5.02 Å². The number of hydrogen-bond acceptors (Lipinski definition) is 3. The molecule has 0 aliphatic rings. The first kappa shape index (κ1) is 14.6. The smallest absolute Gasteiger partial charge is 0.308 e. The van der Waals surface area contributed by atoms with Crippen LogP contribution < -0.4 is 10.6 Å². The van der Waals surface area contributed by atoms with Crippen molar-refractivity contribution in [3.05, 3.63) is 52.4 Å². The molecule has 2 heterocycles. The summed E-state index contributed by atoms with van der Waals surface area (Å²) in [6, 6.07) is 8.30. The van der Waals surface area contributed by atoms with Gasteiger partial charge in [0.1, 0.15) is 11.0 Å². The van der Waals surface area contributed by atoms with E-state index in [9.17, 15) is 9.18 Å². The molecule has 0 spiro atoms. The van der Waals surface area contributed by atoms with Crippen molar-refractivity contribution in [2.24, 2.45) is 0 Å². The van der Waals surface area contributed by atoms with Gasteiger partial charge in [-0.3, -0.25) is 9.72 Å². The molecule has 22 heavy (non-hydrogen) atoms. The number of carbonyl (C=O) groups excluding carboxylic acids is 1. The van der Waals surface area contributed by atoms with Crippen LogP contribution in [0.15, 0.2) is 36.4 Å². The van der Waals surface area contributed by atoms with E-state index in [1.807, 2.05) is 0 Å². The number of benzene rings is 1. The Balaban J connectivity index is 1.80. The van der Waals surface area contributed by atoms with Crippen LogP contribution in [-0.4, -0.2) is 20.6 Å². The van der Waals surface area contributed by atoms with Gasteiger partial charge in [-0.15, -0.1) is 10.2 Å². The summed E-state index contributed by atoms with van der Waals surface area (Å²) in [6.07, 6.45) is 0. The summed E-state index contributed by atoms with van der Waals surface area (Å²) in [6.45, 7) is 0. The maximum absolute atomic E-state index is 13.1. The lowest BCUT2D eigenvalue weighted by Gasteiger charge is -2.07.